The summed E-state index contributed by atoms with van der Waals surface area (Å²) in [4.78, 5) is 1.05. The molecule has 0 radical (unpaired) electrons. The van der Waals surface area contributed by atoms with Gasteiger partial charge in [-0.2, -0.15) is 13.2 Å². The maximum atomic E-state index is 12.9. The minimum absolute atomic E-state index is 0.604. The van der Waals surface area contributed by atoms with Crippen LogP contribution in [0.15, 0.2) is 41.6 Å². The van der Waals surface area contributed by atoms with Gasteiger partial charge in [-0.25, -0.2) is 4.57 Å². The third-order valence-electron chi connectivity index (χ3n) is 3.45. The fourth-order valence-corrected chi connectivity index (χ4v) is 3.34. The SMILES string of the molecule is CCCc1c[n+](C)cc(-c2cccc(C(F)(F)F)c2)c1SC. The van der Waals surface area contributed by atoms with Gasteiger partial charge in [-0.3, -0.25) is 0 Å². The van der Waals surface area contributed by atoms with Gasteiger partial charge in [-0.15, -0.1) is 11.8 Å². The van der Waals surface area contributed by atoms with Crippen LogP contribution < -0.4 is 4.57 Å². The molecular weight excluding hydrogens is 307 g/mol. The Balaban J connectivity index is 2.61. The summed E-state index contributed by atoms with van der Waals surface area (Å²) < 4.78 is 40.7. The number of rotatable bonds is 4. The minimum Gasteiger partial charge on any atom is -0.207 e. The number of thioether (sulfide) groups is 1. The molecular formula is C17H19F3NS+. The Hall–Kier alpha value is -1.49. The first-order chi connectivity index (χ1) is 10.4. The van der Waals surface area contributed by atoms with E-state index in [9.17, 15) is 13.2 Å². The lowest BCUT2D eigenvalue weighted by atomic mass is 10.0. The van der Waals surface area contributed by atoms with E-state index in [1.165, 1.54) is 17.7 Å². The summed E-state index contributed by atoms with van der Waals surface area (Å²) in [6.07, 6.45) is 3.49. The van der Waals surface area contributed by atoms with Crippen LogP contribution in [0, 0.1) is 0 Å². The Labute approximate surface area is 133 Å². The van der Waals surface area contributed by atoms with E-state index in [1.54, 1.807) is 17.8 Å². The highest BCUT2D eigenvalue weighted by Crippen LogP contribution is 2.36. The van der Waals surface area contributed by atoms with Crippen molar-refractivity contribution in [2.75, 3.05) is 6.26 Å². The first kappa shape index (κ1) is 16.9. The Bertz CT molecular complexity index is 665. The van der Waals surface area contributed by atoms with E-state index in [1.807, 2.05) is 30.3 Å². The summed E-state index contributed by atoms with van der Waals surface area (Å²) in [7, 11) is 1.90. The zero-order valence-corrected chi connectivity index (χ0v) is 13.7. The van der Waals surface area contributed by atoms with Crippen LogP contribution in [0.1, 0.15) is 24.5 Å². The van der Waals surface area contributed by atoms with Crippen LogP contribution >= 0.6 is 11.8 Å². The molecule has 2 rings (SSSR count). The quantitative estimate of drug-likeness (QED) is 0.572. The van der Waals surface area contributed by atoms with Crippen molar-refractivity contribution >= 4 is 11.8 Å². The second-order valence-electron chi connectivity index (χ2n) is 5.22. The van der Waals surface area contributed by atoms with Crippen LogP contribution in [-0.4, -0.2) is 6.26 Å². The Morgan fingerprint density at radius 2 is 1.91 bits per heavy atom. The monoisotopic (exact) mass is 326 g/mol. The molecule has 1 heterocycles. The number of nitrogens with zero attached hydrogens (tertiary/aromatic N) is 1. The molecule has 0 aliphatic carbocycles. The number of pyridine rings is 1. The third kappa shape index (κ3) is 3.64. The van der Waals surface area contributed by atoms with Gasteiger partial charge in [0.25, 0.3) is 0 Å². The van der Waals surface area contributed by atoms with E-state index < -0.39 is 11.7 Å². The molecule has 0 N–H and O–H groups in total. The molecule has 0 aliphatic rings. The molecule has 22 heavy (non-hydrogen) atoms. The Morgan fingerprint density at radius 3 is 2.50 bits per heavy atom. The molecule has 2 aromatic rings. The van der Waals surface area contributed by atoms with Gasteiger partial charge in [0.05, 0.1) is 11.1 Å². The van der Waals surface area contributed by atoms with Crippen LogP contribution in [0.25, 0.3) is 11.1 Å². The lowest BCUT2D eigenvalue weighted by Gasteiger charge is -2.13. The first-order valence-electron chi connectivity index (χ1n) is 7.10. The number of halogens is 3. The number of hydrogen-bond acceptors (Lipinski definition) is 1. The zero-order chi connectivity index (χ0) is 16.3. The lowest BCUT2D eigenvalue weighted by molar-refractivity contribution is -0.671. The highest BCUT2D eigenvalue weighted by atomic mass is 32.2. The molecule has 5 heteroatoms. The molecule has 0 bridgehead atoms. The summed E-state index contributed by atoms with van der Waals surface area (Å²) in [5.41, 5.74) is 2.02. The smallest absolute Gasteiger partial charge is 0.207 e. The summed E-state index contributed by atoms with van der Waals surface area (Å²) in [6, 6.07) is 5.54. The molecule has 0 aliphatic heterocycles. The predicted molar refractivity (Wildman–Crippen MR) is 83.8 cm³/mol. The van der Waals surface area contributed by atoms with E-state index in [4.69, 9.17) is 0 Å². The molecule has 0 fully saturated rings. The number of aryl methyl sites for hydroxylation is 2. The van der Waals surface area contributed by atoms with Crippen molar-refractivity contribution in [1.82, 2.24) is 0 Å². The number of benzene rings is 1. The number of alkyl halides is 3. The molecule has 0 saturated carbocycles. The minimum atomic E-state index is -4.32. The summed E-state index contributed by atoms with van der Waals surface area (Å²) >= 11 is 1.58. The largest absolute Gasteiger partial charge is 0.416 e. The topological polar surface area (TPSA) is 3.88 Å². The molecule has 0 unspecified atom stereocenters. The number of hydrogen-bond donors (Lipinski definition) is 0. The van der Waals surface area contributed by atoms with Gasteiger partial charge >= 0.3 is 6.18 Å². The molecule has 0 spiro atoms. The average Bonchev–Trinajstić information content (AvgIpc) is 2.46. The molecule has 1 aromatic carbocycles. The van der Waals surface area contributed by atoms with Crippen LogP contribution in [0.3, 0.4) is 0 Å². The fourth-order valence-electron chi connectivity index (χ4n) is 2.53. The van der Waals surface area contributed by atoms with Crippen molar-refractivity contribution < 1.29 is 17.7 Å². The lowest BCUT2D eigenvalue weighted by Crippen LogP contribution is -2.28. The van der Waals surface area contributed by atoms with Gasteiger partial charge in [0.2, 0.25) is 0 Å². The van der Waals surface area contributed by atoms with Crippen molar-refractivity contribution in [3.63, 3.8) is 0 Å². The summed E-state index contributed by atoms with van der Waals surface area (Å²) in [5.74, 6) is 0. The Morgan fingerprint density at radius 1 is 1.18 bits per heavy atom. The second-order valence-corrected chi connectivity index (χ2v) is 6.04. The van der Waals surface area contributed by atoms with E-state index in [0.717, 1.165) is 29.4 Å². The van der Waals surface area contributed by atoms with E-state index >= 15 is 0 Å². The summed E-state index contributed by atoms with van der Waals surface area (Å²) in [5, 5.41) is 0. The van der Waals surface area contributed by atoms with Crippen molar-refractivity contribution in [3.8, 4) is 11.1 Å². The highest BCUT2D eigenvalue weighted by molar-refractivity contribution is 7.98. The standard InChI is InChI=1S/C17H19F3NS/c1-4-6-13-10-21(2)11-15(16(13)22-3)12-7-5-8-14(9-12)17(18,19)20/h5,7-11H,4,6H2,1-3H3/q+1. The van der Waals surface area contributed by atoms with Crippen LogP contribution in [0.5, 0.6) is 0 Å². The molecule has 0 saturated heterocycles. The van der Waals surface area contributed by atoms with Gasteiger partial charge in [0.15, 0.2) is 12.4 Å². The van der Waals surface area contributed by atoms with E-state index in [-0.39, 0.29) is 0 Å². The fraction of sp³-hybridized carbons (Fsp3) is 0.353. The second kappa shape index (κ2) is 6.73. The maximum Gasteiger partial charge on any atom is 0.416 e. The van der Waals surface area contributed by atoms with Gasteiger partial charge < -0.3 is 0 Å². The van der Waals surface area contributed by atoms with Crippen LogP contribution in [0.2, 0.25) is 0 Å². The van der Waals surface area contributed by atoms with Gasteiger partial charge in [-0.05, 0) is 30.4 Å². The van der Waals surface area contributed by atoms with Crippen molar-refractivity contribution in [1.29, 1.82) is 0 Å². The molecule has 118 valence electrons. The summed E-state index contributed by atoms with van der Waals surface area (Å²) in [6.45, 7) is 2.10. The predicted octanol–water partition coefficient (Wildman–Crippen LogP) is 4.87. The Kier molecular flexibility index (Phi) is 5.16. The highest BCUT2D eigenvalue weighted by Gasteiger charge is 2.30. The van der Waals surface area contributed by atoms with Gasteiger partial charge in [0.1, 0.15) is 7.05 Å². The third-order valence-corrected chi connectivity index (χ3v) is 4.34. The van der Waals surface area contributed by atoms with Crippen molar-refractivity contribution in [2.45, 2.75) is 30.8 Å². The van der Waals surface area contributed by atoms with Crippen LogP contribution in [-0.2, 0) is 19.6 Å². The van der Waals surface area contributed by atoms with E-state index in [0.29, 0.717) is 5.56 Å². The molecule has 1 aromatic heterocycles. The molecule has 0 atom stereocenters. The average molecular weight is 326 g/mol. The van der Waals surface area contributed by atoms with Crippen LogP contribution in [0.4, 0.5) is 13.2 Å². The normalized spacial score (nSPS) is 11.7. The van der Waals surface area contributed by atoms with E-state index in [2.05, 4.69) is 6.92 Å². The van der Waals surface area contributed by atoms with Crippen molar-refractivity contribution in [2.24, 2.45) is 7.05 Å². The molecule has 1 nitrogen and oxygen atoms in total. The number of aromatic nitrogens is 1. The maximum absolute atomic E-state index is 12.9. The first-order valence-corrected chi connectivity index (χ1v) is 8.33. The van der Waals surface area contributed by atoms with Gasteiger partial charge in [-0.1, -0.05) is 25.5 Å². The van der Waals surface area contributed by atoms with Crippen molar-refractivity contribution in [3.05, 3.63) is 47.8 Å². The zero-order valence-electron chi connectivity index (χ0n) is 12.9. The molecule has 0 amide bonds. The van der Waals surface area contributed by atoms with Gasteiger partial charge in [0, 0.05) is 10.5 Å².